The second-order valence-electron chi connectivity index (χ2n) is 7.96. The molecular formula is C20H28O2. The van der Waals surface area contributed by atoms with Crippen LogP contribution in [0.25, 0.3) is 0 Å². The molecular weight excluding hydrogens is 272 g/mol. The zero-order valence-electron chi connectivity index (χ0n) is 14.3. The molecule has 0 unspecified atom stereocenters. The van der Waals surface area contributed by atoms with Gasteiger partial charge in [-0.05, 0) is 63.0 Å². The van der Waals surface area contributed by atoms with E-state index in [4.69, 9.17) is 4.74 Å². The van der Waals surface area contributed by atoms with E-state index in [0.717, 1.165) is 32.1 Å². The van der Waals surface area contributed by atoms with Crippen molar-refractivity contribution in [3.8, 4) is 0 Å². The normalized spacial score (nSPS) is 34.0. The molecule has 0 amide bonds. The van der Waals surface area contributed by atoms with Crippen molar-refractivity contribution in [2.75, 3.05) is 0 Å². The highest BCUT2D eigenvalue weighted by Crippen LogP contribution is 2.56. The largest absolute Gasteiger partial charge is 0.459 e. The summed E-state index contributed by atoms with van der Waals surface area (Å²) in [5, 5.41) is 0. The van der Waals surface area contributed by atoms with Crippen molar-refractivity contribution < 1.29 is 9.53 Å². The van der Waals surface area contributed by atoms with Crippen LogP contribution in [-0.2, 0) is 16.0 Å². The third-order valence-corrected chi connectivity index (χ3v) is 6.01. The molecule has 3 atom stereocenters. The summed E-state index contributed by atoms with van der Waals surface area (Å²) in [6.45, 7) is 8.73. The predicted octanol–water partition coefficient (Wildman–Crippen LogP) is 4.86. The Bertz CT molecular complexity index is 577. The van der Waals surface area contributed by atoms with Crippen LogP contribution in [0.15, 0.2) is 24.3 Å². The molecule has 1 heterocycles. The van der Waals surface area contributed by atoms with Gasteiger partial charge >= 0.3 is 5.97 Å². The van der Waals surface area contributed by atoms with Crippen LogP contribution in [0.1, 0.15) is 70.4 Å². The Kier molecular flexibility index (Phi) is 3.82. The summed E-state index contributed by atoms with van der Waals surface area (Å²) in [4.78, 5) is 12.3. The van der Waals surface area contributed by atoms with Gasteiger partial charge in [-0.3, -0.25) is 4.79 Å². The smallest absolute Gasteiger partial charge is 0.312 e. The van der Waals surface area contributed by atoms with Crippen molar-refractivity contribution in [2.45, 2.75) is 71.3 Å². The molecule has 22 heavy (non-hydrogen) atoms. The highest BCUT2D eigenvalue weighted by molar-refractivity contribution is 5.80. The van der Waals surface area contributed by atoms with E-state index < -0.39 is 0 Å². The van der Waals surface area contributed by atoms with Gasteiger partial charge < -0.3 is 4.74 Å². The van der Waals surface area contributed by atoms with Gasteiger partial charge in [0.05, 0.1) is 5.41 Å². The molecule has 0 radical (unpaired) electrons. The molecule has 2 heteroatoms. The summed E-state index contributed by atoms with van der Waals surface area (Å²) in [5.41, 5.74) is 2.28. The first-order valence-corrected chi connectivity index (χ1v) is 8.67. The van der Waals surface area contributed by atoms with Crippen LogP contribution in [0.2, 0.25) is 0 Å². The molecule has 2 nitrogen and oxygen atoms in total. The molecule has 0 N–H and O–H groups in total. The highest BCUT2D eigenvalue weighted by Gasteiger charge is 2.61. The second-order valence-corrected chi connectivity index (χ2v) is 7.96. The fourth-order valence-electron chi connectivity index (χ4n) is 4.57. The molecule has 0 spiro atoms. The fourth-order valence-corrected chi connectivity index (χ4v) is 4.57. The van der Waals surface area contributed by atoms with E-state index in [1.807, 2.05) is 0 Å². The highest BCUT2D eigenvalue weighted by atomic mass is 16.6. The van der Waals surface area contributed by atoms with Gasteiger partial charge in [-0.25, -0.2) is 0 Å². The molecule has 120 valence electrons. The van der Waals surface area contributed by atoms with Crippen molar-refractivity contribution in [3.05, 3.63) is 35.4 Å². The Labute approximate surface area is 134 Å². The van der Waals surface area contributed by atoms with Crippen molar-refractivity contribution in [1.29, 1.82) is 0 Å². The number of ether oxygens (including phenoxy) is 1. The molecule has 1 aliphatic heterocycles. The van der Waals surface area contributed by atoms with Crippen molar-refractivity contribution >= 4 is 5.97 Å². The molecule has 1 aliphatic carbocycles. The number of fused-ring (bicyclic) bond motifs is 2. The lowest BCUT2D eigenvalue weighted by atomic mass is 9.62. The van der Waals surface area contributed by atoms with Crippen LogP contribution in [0.4, 0.5) is 0 Å². The molecule has 1 aromatic carbocycles. The van der Waals surface area contributed by atoms with E-state index in [2.05, 4.69) is 52.0 Å². The Balaban J connectivity index is 1.76. The van der Waals surface area contributed by atoms with Gasteiger partial charge in [0, 0.05) is 5.92 Å². The monoisotopic (exact) mass is 300 g/mol. The first-order chi connectivity index (χ1) is 10.3. The lowest BCUT2D eigenvalue weighted by Gasteiger charge is -2.39. The van der Waals surface area contributed by atoms with E-state index in [1.54, 1.807) is 0 Å². The number of esters is 1. The number of rotatable bonds is 4. The topological polar surface area (TPSA) is 26.3 Å². The zero-order valence-corrected chi connectivity index (χ0v) is 14.3. The van der Waals surface area contributed by atoms with E-state index >= 15 is 0 Å². The number of benzene rings is 1. The summed E-state index contributed by atoms with van der Waals surface area (Å²) >= 11 is 0. The van der Waals surface area contributed by atoms with Gasteiger partial charge in [-0.2, -0.15) is 0 Å². The van der Waals surface area contributed by atoms with E-state index in [1.165, 1.54) is 11.1 Å². The number of hydrogen-bond donors (Lipinski definition) is 0. The second kappa shape index (κ2) is 5.40. The lowest BCUT2D eigenvalue weighted by Crippen LogP contribution is -2.42. The molecule has 1 saturated carbocycles. The molecule has 2 bridgehead atoms. The Morgan fingerprint density at radius 2 is 2.05 bits per heavy atom. The maximum Gasteiger partial charge on any atom is 0.312 e. The van der Waals surface area contributed by atoms with Crippen LogP contribution >= 0.6 is 0 Å². The average Bonchev–Trinajstić information content (AvgIpc) is 2.56. The van der Waals surface area contributed by atoms with Gasteiger partial charge in [0.2, 0.25) is 0 Å². The minimum atomic E-state index is -0.261. The average molecular weight is 300 g/mol. The Morgan fingerprint density at radius 1 is 1.27 bits per heavy atom. The first-order valence-electron chi connectivity index (χ1n) is 8.67. The zero-order chi connectivity index (χ0) is 16.0. The number of aryl methyl sites for hydroxylation is 1. The van der Waals surface area contributed by atoms with Crippen LogP contribution in [0, 0.1) is 11.3 Å². The number of hydrogen-bond acceptors (Lipinski definition) is 2. The molecule has 2 fully saturated rings. The predicted molar refractivity (Wildman–Crippen MR) is 88.8 cm³/mol. The van der Waals surface area contributed by atoms with Gasteiger partial charge in [-0.15, -0.1) is 0 Å². The van der Waals surface area contributed by atoms with E-state index in [-0.39, 0.29) is 17.0 Å². The number of carbonyl (C=O) groups excluding carboxylic acids is 1. The maximum atomic E-state index is 12.3. The first kappa shape index (κ1) is 15.6. The van der Waals surface area contributed by atoms with Gasteiger partial charge in [0.1, 0.15) is 5.60 Å². The third kappa shape index (κ3) is 2.47. The molecule has 1 saturated heterocycles. The van der Waals surface area contributed by atoms with Crippen LogP contribution < -0.4 is 0 Å². The quantitative estimate of drug-likeness (QED) is 0.742. The van der Waals surface area contributed by atoms with Crippen molar-refractivity contribution in [1.82, 2.24) is 0 Å². The molecule has 3 rings (SSSR count). The van der Waals surface area contributed by atoms with Gasteiger partial charge in [-0.1, -0.05) is 38.1 Å². The summed E-state index contributed by atoms with van der Waals surface area (Å²) in [6, 6.07) is 8.89. The summed E-state index contributed by atoms with van der Waals surface area (Å²) in [5.74, 6) is 0.947. The molecule has 1 aromatic rings. The van der Waals surface area contributed by atoms with E-state index in [0.29, 0.717) is 11.8 Å². The molecule has 2 aliphatic rings. The summed E-state index contributed by atoms with van der Waals surface area (Å²) < 4.78 is 5.80. The molecule has 0 aromatic heterocycles. The number of carbonyl (C=O) groups is 1. The minimum absolute atomic E-state index is 0.0356. The van der Waals surface area contributed by atoms with Gasteiger partial charge in [0.15, 0.2) is 0 Å². The Morgan fingerprint density at radius 3 is 2.73 bits per heavy atom. The van der Waals surface area contributed by atoms with Crippen LogP contribution in [0.5, 0.6) is 0 Å². The van der Waals surface area contributed by atoms with Crippen LogP contribution in [-0.4, -0.2) is 11.6 Å². The van der Waals surface area contributed by atoms with Crippen LogP contribution in [0.3, 0.4) is 0 Å². The van der Waals surface area contributed by atoms with Crippen molar-refractivity contribution in [2.24, 2.45) is 11.3 Å². The summed E-state index contributed by atoms with van der Waals surface area (Å²) in [6.07, 6.45) is 5.19. The summed E-state index contributed by atoms with van der Waals surface area (Å²) in [7, 11) is 0. The fraction of sp³-hybridized carbons (Fsp3) is 0.650. The van der Waals surface area contributed by atoms with E-state index in [9.17, 15) is 4.79 Å². The SMILES string of the molecule is CC(C)c1cccc(CC[C@H]2[C@@]3(C)CCC[C@]2(C)OC3=O)c1. The maximum absolute atomic E-state index is 12.3. The third-order valence-electron chi connectivity index (χ3n) is 6.01. The van der Waals surface area contributed by atoms with Crippen molar-refractivity contribution in [3.63, 3.8) is 0 Å². The standard InChI is InChI=1S/C20H28O2/c1-14(2)16-8-5-7-15(13-16)9-10-17-19(3)11-6-12-20(17,4)22-18(19)21/h5,7-8,13-14,17H,6,9-12H2,1-4H3/t17-,19+,20-/m0/s1. The lowest BCUT2D eigenvalue weighted by molar-refractivity contribution is -0.151. The van der Waals surface area contributed by atoms with Gasteiger partial charge in [0.25, 0.3) is 0 Å². The minimum Gasteiger partial charge on any atom is -0.459 e. The Hall–Kier alpha value is -1.31.